The van der Waals surface area contributed by atoms with Gasteiger partial charge >= 0.3 is 0 Å². The number of likely N-dealkylation sites (N-methyl/N-ethyl adjacent to an activating group) is 1. The highest BCUT2D eigenvalue weighted by Gasteiger charge is 2.24. The van der Waals surface area contributed by atoms with Crippen molar-refractivity contribution in [1.82, 2.24) is 4.31 Å². The molecule has 2 N–H and O–H groups in total. The van der Waals surface area contributed by atoms with E-state index in [0.29, 0.717) is 5.69 Å². The van der Waals surface area contributed by atoms with Gasteiger partial charge in [-0.3, -0.25) is 4.79 Å². The Morgan fingerprint density at radius 3 is 2.58 bits per heavy atom. The summed E-state index contributed by atoms with van der Waals surface area (Å²) >= 11 is 1.69. The van der Waals surface area contributed by atoms with Crippen molar-refractivity contribution in [2.45, 2.75) is 31.3 Å². The van der Waals surface area contributed by atoms with Crippen LogP contribution in [0.3, 0.4) is 0 Å². The number of amides is 1. The van der Waals surface area contributed by atoms with Gasteiger partial charge in [0.25, 0.3) is 5.91 Å². The predicted octanol–water partition coefficient (Wildman–Crippen LogP) is 1.35. The summed E-state index contributed by atoms with van der Waals surface area (Å²) < 4.78 is 25.6. The van der Waals surface area contributed by atoms with Crippen molar-refractivity contribution >= 4 is 33.0 Å². The quantitative estimate of drug-likeness (QED) is 0.742. The summed E-state index contributed by atoms with van der Waals surface area (Å²) in [5.74, 6) is -0.142. The van der Waals surface area contributed by atoms with E-state index in [2.05, 4.69) is 23.7 Å². The first-order valence-electron chi connectivity index (χ1n) is 8.31. The Bertz CT molecular complexity index is 875. The van der Waals surface area contributed by atoms with Crippen LogP contribution in [-0.2, 0) is 21.4 Å². The topological polar surface area (TPSA) is 70.9 Å². The number of quaternary nitrogens is 1. The second-order valence-corrected chi connectivity index (χ2v) is 9.73. The molecular formula is C18H26N3O3S2+. The summed E-state index contributed by atoms with van der Waals surface area (Å²) in [6, 6.07) is 8.13. The van der Waals surface area contributed by atoms with Crippen LogP contribution in [-0.4, -0.2) is 45.8 Å². The molecule has 0 fully saturated rings. The monoisotopic (exact) mass is 396 g/mol. The van der Waals surface area contributed by atoms with E-state index in [1.54, 1.807) is 23.5 Å². The van der Waals surface area contributed by atoms with Crippen LogP contribution >= 0.6 is 11.3 Å². The molecule has 0 bridgehead atoms. The number of thiophene rings is 1. The van der Waals surface area contributed by atoms with Crippen LogP contribution < -0.4 is 10.2 Å². The maximum Gasteiger partial charge on any atom is 0.282 e. The largest absolute Gasteiger partial charge is 0.323 e. The van der Waals surface area contributed by atoms with Gasteiger partial charge in [-0.15, -0.1) is 11.3 Å². The Morgan fingerprint density at radius 1 is 1.31 bits per heavy atom. The first kappa shape index (κ1) is 20.6. The molecule has 2 aromatic rings. The van der Waals surface area contributed by atoms with Gasteiger partial charge in [0, 0.05) is 19.8 Å². The van der Waals surface area contributed by atoms with Gasteiger partial charge in [0.2, 0.25) is 10.0 Å². The summed E-state index contributed by atoms with van der Waals surface area (Å²) in [6.45, 7) is 4.71. The smallest absolute Gasteiger partial charge is 0.282 e. The highest BCUT2D eigenvalue weighted by molar-refractivity contribution is 7.89. The zero-order chi connectivity index (χ0) is 19.5. The number of hydrogen-bond acceptors (Lipinski definition) is 4. The van der Waals surface area contributed by atoms with E-state index in [0.717, 1.165) is 15.7 Å². The fourth-order valence-electron chi connectivity index (χ4n) is 2.41. The van der Waals surface area contributed by atoms with E-state index in [-0.39, 0.29) is 16.8 Å². The second kappa shape index (κ2) is 8.30. The standard InChI is InChI=1S/C18H25N3O3S2/c1-13-9-10-25-17(13)12-21(5)14(2)18(22)19-15-7-6-8-16(11-15)26(23,24)20(3)4/h6-11,14H,12H2,1-5H3,(H,19,22)/p+1/t14-/m1/s1. The number of carbonyl (C=O) groups is 1. The van der Waals surface area contributed by atoms with E-state index < -0.39 is 10.0 Å². The minimum absolute atomic E-state index is 0.142. The molecule has 1 aromatic heterocycles. The molecule has 0 radical (unpaired) electrons. The number of rotatable bonds is 7. The van der Waals surface area contributed by atoms with Gasteiger partial charge in [0.05, 0.1) is 16.8 Å². The van der Waals surface area contributed by atoms with Crippen LogP contribution in [0.5, 0.6) is 0 Å². The molecule has 1 aromatic carbocycles. The van der Waals surface area contributed by atoms with Crippen LogP contribution in [0.25, 0.3) is 0 Å². The summed E-state index contributed by atoms with van der Waals surface area (Å²) in [4.78, 5) is 15.1. The highest BCUT2D eigenvalue weighted by atomic mass is 32.2. The normalized spacial score (nSPS) is 14.2. The van der Waals surface area contributed by atoms with Gasteiger partial charge in [-0.25, -0.2) is 12.7 Å². The molecule has 0 saturated heterocycles. The highest BCUT2D eigenvalue weighted by Crippen LogP contribution is 2.18. The number of benzene rings is 1. The van der Waals surface area contributed by atoms with Gasteiger partial charge in [0.15, 0.2) is 6.04 Å². The van der Waals surface area contributed by atoms with Crippen molar-refractivity contribution in [3.63, 3.8) is 0 Å². The molecule has 0 aliphatic rings. The van der Waals surface area contributed by atoms with Crippen molar-refractivity contribution in [3.8, 4) is 0 Å². The van der Waals surface area contributed by atoms with E-state index in [4.69, 9.17) is 0 Å². The maximum atomic E-state index is 12.6. The Kier molecular flexibility index (Phi) is 6.57. The molecule has 2 rings (SSSR count). The molecule has 6 nitrogen and oxygen atoms in total. The SMILES string of the molecule is Cc1ccsc1C[NH+](C)[C@H](C)C(=O)Nc1cccc(S(=O)(=O)N(C)C)c1. The van der Waals surface area contributed by atoms with Gasteiger partial charge in [-0.2, -0.15) is 0 Å². The first-order valence-corrected chi connectivity index (χ1v) is 10.6. The lowest BCUT2D eigenvalue weighted by Gasteiger charge is -2.21. The molecule has 8 heteroatoms. The molecule has 1 amide bonds. The Balaban J connectivity index is 2.08. The number of anilines is 1. The Labute approximate surface area is 159 Å². The van der Waals surface area contributed by atoms with Gasteiger partial charge in [0.1, 0.15) is 6.54 Å². The van der Waals surface area contributed by atoms with Crippen LogP contribution in [0.2, 0.25) is 0 Å². The third-order valence-electron chi connectivity index (χ3n) is 4.42. The number of sulfonamides is 1. The van der Waals surface area contributed by atoms with Crippen molar-refractivity contribution < 1.29 is 18.1 Å². The lowest BCUT2D eigenvalue weighted by Crippen LogP contribution is -3.12. The Morgan fingerprint density at radius 2 is 2.00 bits per heavy atom. The third-order valence-corrected chi connectivity index (χ3v) is 7.25. The predicted molar refractivity (Wildman–Crippen MR) is 105 cm³/mol. The molecule has 1 heterocycles. The molecule has 2 atom stereocenters. The van der Waals surface area contributed by atoms with Crippen molar-refractivity contribution in [3.05, 3.63) is 46.2 Å². The van der Waals surface area contributed by atoms with Crippen LogP contribution in [0, 0.1) is 6.92 Å². The molecule has 1 unspecified atom stereocenters. The number of nitrogens with zero attached hydrogens (tertiary/aromatic N) is 1. The van der Waals surface area contributed by atoms with Crippen LogP contribution in [0.15, 0.2) is 40.6 Å². The average Bonchev–Trinajstić information content (AvgIpc) is 2.99. The van der Waals surface area contributed by atoms with E-state index in [9.17, 15) is 13.2 Å². The van der Waals surface area contributed by atoms with Crippen LogP contribution in [0.4, 0.5) is 5.69 Å². The molecule has 0 saturated carbocycles. The van der Waals surface area contributed by atoms with Gasteiger partial charge < -0.3 is 10.2 Å². The molecule has 0 spiro atoms. The summed E-state index contributed by atoms with van der Waals surface area (Å²) in [6.07, 6.45) is 0. The van der Waals surface area contributed by atoms with Crippen molar-refractivity contribution in [1.29, 1.82) is 0 Å². The summed E-state index contributed by atoms with van der Waals surface area (Å²) in [7, 11) is 1.41. The van der Waals surface area contributed by atoms with Gasteiger partial charge in [-0.1, -0.05) is 6.07 Å². The molecular weight excluding hydrogens is 370 g/mol. The number of aryl methyl sites for hydroxylation is 1. The molecule has 26 heavy (non-hydrogen) atoms. The average molecular weight is 397 g/mol. The van der Waals surface area contributed by atoms with Crippen molar-refractivity contribution in [2.24, 2.45) is 0 Å². The lowest BCUT2D eigenvalue weighted by molar-refractivity contribution is -0.907. The molecule has 0 aliphatic heterocycles. The zero-order valence-corrected chi connectivity index (χ0v) is 17.4. The fraction of sp³-hybridized carbons (Fsp3) is 0.389. The van der Waals surface area contributed by atoms with E-state index in [1.807, 2.05) is 14.0 Å². The van der Waals surface area contributed by atoms with Crippen molar-refractivity contribution in [2.75, 3.05) is 26.5 Å². The van der Waals surface area contributed by atoms with Crippen LogP contribution in [0.1, 0.15) is 17.4 Å². The molecule has 0 aliphatic carbocycles. The third kappa shape index (κ3) is 4.70. The maximum absolute atomic E-state index is 12.6. The minimum atomic E-state index is -3.53. The Hall–Kier alpha value is -1.74. The number of nitrogens with one attached hydrogen (secondary N) is 2. The number of carbonyl (C=O) groups excluding carboxylic acids is 1. The summed E-state index contributed by atoms with van der Waals surface area (Å²) in [5.41, 5.74) is 1.72. The first-order chi connectivity index (χ1) is 12.1. The van der Waals surface area contributed by atoms with E-state index in [1.165, 1.54) is 36.7 Å². The minimum Gasteiger partial charge on any atom is -0.323 e. The second-order valence-electron chi connectivity index (χ2n) is 6.58. The fourth-order valence-corrected chi connectivity index (χ4v) is 4.36. The number of hydrogen-bond donors (Lipinski definition) is 2. The van der Waals surface area contributed by atoms with Gasteiger partial charge in [-0.05, 0) is 49.1 Å². The van der Waals surface area contributed by atoms with E-state index >= 15 is 0 Å². The molecule has 142 valence electrons. The summed E-state index contributed by atoms with van der Waals surface area (Å²) in [5, 5.41) is 4.88. The zero-order valence-electron chi connectivity index (χ0n) is 15.7. The lowest BCUT2D eigenvalue weighted by atomic mass is 10.2.